The number of hydrogen-bond acceptors (Lipinski definition) is 7. The largest absolute Gasteiger partial charge is 0.492 e. The van der Waals surface area contributed by atoms with Crippen molar-refractivity contribution in [1.29, 1.82) is 0 Å². The number of amides is 1. The normalized spacial score (nSPS) is 17.7. The van der Waals surface area contributed by atoms with Gasteiger partial charge in [-0.1, -0.05) is 60.6 Å². The molecule has 1 atom stereocenters. The van der Waals surface area contributed by atoms with Gasteiger partial charge in [-0.05, 0) is 80.1 Å². The lowest BCUT2D eigenvalue weighted by Gasteiger charge is -2.30. The van der Waals surface area contributed by atoms with Crippen molar-refractivity contribution >= 4 is 40.7 Å². The Morgan fingerprint density at radius 3 is 2.56 bits per heavy atom. The number of nitrogens with one attached hydrogen (secondary N) is 2. The van der Waals surface area contributed by atoms with Crippen molar-refractivity contribution in [2.75, 3.05) is 31.6 Å². The fraction of sp³-hybridized carbons (Fsp3) is 0.286. The second-order valence-corrected chi connectivity index (χ2v) is 12.9. The minimum atomic E-state index is -0.917. The number of rotatable bonds is 10. The van der Waals surface area contributed by atoms with Crippen LogP contribution in [0.2, 0.25) is 0 Å². The van der Waals surface area contributed by atoms with Gasteiger partial charge in [0.05, 0.1) is 12.1 Å². The van der Waals surface area contributed by atoms with E-state index in [0.29, 0.717) is 18.7 Å². The zero-order valence-corrected chi connectivity index (χ0v) is 26.5. The number of fused-ring (bicyclic) bond motifs is 1. The van der Waals surface area contributed by atoms with Gasteiger partial charge in [0.25, 0.3) is 0 Å². The van der Waals surface area contributed by atoms with E-state index < -0.39 is 10.8 Å². The first-order valence-corrected chi connectivity index (χ1v) is 16.4. The highest BCUT2D eigenvalue weighted by molar-refractivity contribution is 8.00. The molecule has 6 rings (SSSR count). The van der Waals surface area contributed by atoms with E-state index >= 15 is 4.39 Å². The van der Waals surface area contributed by atoms with Crippen LogP contribution in [0.15, 0.2) is 96.0 Å². The van der Waals surface area contributed by atoms with E-state index in [1.54, 1.807) is 18.3 Å². The number of anilines is 1. The van der Waals surface area contributed by atoms with Crippen LogP contribution in [0.3, 0.4) is 0 Å². The third-order valence-electron chi connectivity index (χ3n) is 7.87. The van der Waals surface area contributed by atoms with Gasteiger partial charge in [-0.2, -0.15) is 0 Å². The molecule has 3 heterocycles. The van der Waals surface area contributed by atoms with Gasteiger partial charge in [0.1, 0.15) is 12.4 Å². The van der Waals surface area contributed by atoms with Crippen molar-refractivity contribution < 1.29 is 18.7 Å². The number of nitrogens with zero attached hydrogens (tertiary/aromatic N) is 2. The number of pyridine rings is 1. The van der Waals surface area contributed by atoms with Crippen LogP contribution in [0.4, 0.5) is 10.1 Å². The lowest BCUT2D eigenvalue weighted by Crippen LogP contribution is -2.35. The summed E-state index contributed by atoms with van der Waals surface area (Å²) in [6.45, 7) is 3.83. The van der Waals surface area contributed by atoms with Crippen molar-refractivity contribution in [3.8, 4) is 11.5 Å². The Morgan fingerprint density at radius 2 is 1.80 bits per heavy atom. The number of piperidine rings is 1. The first kappa shape index (κ1) is 31.0. The van der Waals surface area contributed by atoms with Gasteiger partial charge in [0.2, 0.25) is 5.91 Å². The summed E-state index contributed by atoms with van der Waals surface area (Å²) in [7, 11) is 0. The van der Waals surface area contributed by atoms with Crippen LogP contribution < -0.4 is 20.1 Å². The van der Waals surface area contributed by atoms with Crippen molar-refractivity contribution in [3.63, 3.8) is 0 Å². The Labute approximate surface area is 272 Å². The average Bonchev–Trinajstić information content (AvgIpc) is 3.43. The predicted octanol–water partition coefficient (Wildman–Crippen LogP) is 6.72. The second-order valence-electron chi connectivity index (χ2n) is 11.2. The lowest BCUT2D eigenvalue weighted by atomic mass is 10.0. The highest BCUT2D eigenvalue weighted by atomic mass is 32.2. The maximum atomic E-state index is 15.5. The van der Waals surface area contributed by atoms with Gasteiger partial charge < -0.3 is 20.1 Å². The van der Waals surface area contributed by atoms with Crippen LogP contribution in [0.25, 0.3) is 0 Å². The topological polar surface area (TPSA) is 75.7 Å². The molecule has 4 aromatic rings. The third-order valence-corrected chi connectivity index (χ3v) is 9.46. The molecule has 1 unspecified atom stereocenters. The molecule has 10 heteroatoms. The first-order valence-electron chi connectivity index (χ1n) is 15.2. The third kappa shape index (κ3) is 8.00. The van der Waals surface area contributed by atoms with E-state index in [0.717, 1.165) is 47.1 Å². The monoisotopic (exact) mass is 642 g/mol. The number of carbonyl (C=O) groups is 1. The summed E-state index contributed by atoms with van der Waals surface area (Å²) >= 11 is 6.81. The summed E-state index contributed by atoms with van der Waals surface area (Å²) in [5.74, 6) is 0.0746. The fourth-order valence-corrected chi connectivity index (χ4v) is 7.16. The number of thioether (sulfide) groups is 1. The quantitative estimate of drug-likeness (QED) is 0.185. The van der Waals surface area contributed by atoms with E-state index in [-0.39, 0.29) is 23.2 Å². The molecule has 0 spiro atoms. The van der Waals surface area contributed by atoms with E-state index in [1.165, 1.54) is 37.1 Å². The molecule has 2 aliphatic rings. The molecule has 1 saturated heterocycles. The summed E-state index contributed by atoms with van der Waals surface area (Å²) < 4.78 is 28.1. The Hall–Kier alpha value is -3.99. The van der Waals surface area contributed by atoms with Crippen LogP contribution in [0, 0.1) is 5.82 Å². The maximum Gasteiger partial charge on any atom is 0.230 e. The number of ether oxygens (including phenoxy) is 2. The summed E-state index contributed by atoms with van der Waals surface area (Å²) in [5, 5.41) is 5.63. The smallest absolute Gasteiger partial charge is 0.230 e. The predicted molar refractivity (Wildman–Crippen MR) is 179 cm³/mol. The number of halogens is 1. The van der Waals surface area contributed by atoms with E-state index in [9.17, 15) is 4.79 Å². The van der Waals surface area contributed by atoms with Crippen molar-refractivity contribution in [2.45, 2.75) is 41.9 Å². The molecule has 1 aromatic heterocycles. The number of thiocarbonyl (C=S) groups is 1. The molecular formula is C35H35FN4O3S2. The van der Waals surface area contributed by atoms with Gasteiger partial charge in [-0.15, -0.1) is 0 Å². The summed E-state index contributed by atoms with van der Waals surface area (Å²) in [4.78, 5) is 19.5. The van der Waals surface area contributed by atoms with E-state index in [2.05, 4.69) is 20.5 Å². The average molecular weight is 643 g/mol. The van der Waals surface area contributed by atoms with Gasteiger partial charge in [-0.3, -0.25) is 14.7 Å². The lowest BCUT2D eigenvalue weighted by molar-refractivity contribution is -0.119. The minimum Gasteiger partial charge on any atom is -0.492 e. The molecular weight excluding hydrogens is 608 g/mol. The van der Waals surface area contributed by atoms with Crippen LogP contribution >= 0.6 is 24.0 Å². The molecule has 45 heavy (non-hydrogen) atoms. The van der Waals surface area contributed by atoms with Gasteiger partial charge in [0.15, 0.2) is 21.6 Å². The Bertz CT molecular complexity index is 1610. The molecule has 2 aliphatic heterocycles. The van der Waals surface area contributed by atoms with Gasteiger partial charge in [-0.25, -0.2) is 4.39 Å². The Morgan fingerprint density at radius 1 is 1.00 bits per heavy atom. The van der Waals surface area contributed by atoms with E-state index in [1.807, 2.05) is 66.7 Å². The summed E-state index contributed by atoms with van der Waals surface area (Å²) in [5.41, 5.74) is 3.06. The highest BCUT2D eigenvalue weighted by Gasteiger charge is 2.43. The number of benzene rings is 3. The molecule has 3 aromatic carbocycles. The molecule has 232 valence electrons. The molecule has 1 fully saturated rings. The molecule has 0 radical (unpaired) electrons. The fourth-order valence-electron chi connectivity index (χ4n) is 5.59. The van der Waals surface area contributed by atoms with Crippen molar-refractivity contribution in [1.82, 2.24) is 15.2 Å². The summed E-state index contributed by atoms with van der Waals surface area (Å²) in [6, 6.07) is 25.7. The Kier molecular flexibility index (Phi) is 9.93. The summed E-state index contributed by atoms with van der Waals surface area (Å²) in [6.07, 6.45) is 6.25. The zero-order valence-electron chi connectivity index (χ0n) is 24.8. The second kappa shape index (κ2) is 14.4. The molecule has 2 N–H and O–H groups in total. The van der Waals surface area contributed by atoms with Crippen LogP contribution in [-0.2, 0) is 22.6 Å². The molecule has 7 nitrogen and oxygen atoms in total. The molecule has 0 saturated carbocycles. The number of aromatic nitrogens is 1. The number of carbonyl (C=O) groups excluding carboxylic acids is 1. The molecule has 0 aliphatic carbocycles. The van der Waals surface area contributed by atoms with Crippen molar-refractivity contribution in [2.24, 2.45) is 0 Å². The van der Waals surface area contributed by atoms with E-state index in [4.69, 9.17) is 21.7 Å². The van der Waals surface area contributed by atoms with Crippen molar-refractivity contribution in [3.05, 3.63) is 114 Å². The van der Waals surface area contributed by atoms with Crippen LogP contribution in [-0.4, -0.2) is 47.1 Å². The number of likely N-dealkylation sites (tertiary alicyclic amines) is 1. The highest BCUT2D eigenvalue weighted by Crippen LogP contribution is 2.52. The van der Waals surface area contributed by atoms with Gasteiger partial charge in [0, 0.05) is 41.4 Å². The zero-order chi connectivity index (χ0) is 31.1. The minimum absolute atomic E-state index is 0.0894. The standard InChI is InChI=1S/C35H35FN4O3S2/c36-29-23-27(38-34(44)39-33(41)22-25-8-3-1-4-9-25)13-16-31(29)43-35(24-30-32(45-35)10-7-17-37-30)26-11-14-28(15-12-26)42-21-20-40-18-5-2-6-19-40/h1,3-4,7-17,23H,2,5-6,18-22,24H2,(H2,38,39,41,44). The number of hydrogen-bond donors (Lipinski definition) is 2. The Balaban J connectivity index is 1.12. The van der Waals surface area contributed by atoms with Crippen LogP contribution in [0.1, 0.15) is 36.1 Å². The molecule has 1 amide bonds. The maximum absolute atomic E-state index is 15.5. The van der Waals surface area contributed by atoms with Gasteiger partial charge >= 0.3 is 0 Å². The molecule has 0 bridgehead atoms. The van der Waals surface area contributed by atoms with Crippen LogP contribution in [0.5, 0.6) is 11.5 Å². The SMILES string of the molecule is O=C(Cc1ccccc1)NC(=S)Nc1ccc(OC2(c3ccc(OCCN4CCCCC4)cc3)Cc3ncccc3S2)c(F)c1. The first-order chi connectivity index (χ1) is 22.0.